The standard InChI is InChI=1S/C52H31N3S2/c1-2-12-40(13-3-1)55-45-20-16-36(32-8-4-10-34(26-32)38-18-22-47-43(30-38)51-49(56-47)14-6-24-53-51)28-41(45)42-29-37(17-21-46(42)55)33-9-5-11-35(27-33)39-19-23-48-44(31-39)52-50(57-48)15-7-25-54-52/h1-31H. The molecular formula is C52H31N3S2. The third-order valence-electron chi connectivity index (χ3n) is 11.3. The first-order valence-electron chi connectivity index (χ1n) is 19.1. The van der Waals surface area contributed by atoms with Crippen LogP contribution in [-0.2, 0) is 0 Å². The molecule has 5 aromatic heterocycles. The number of para-hydroxylation sites is 1. The Labute approximate surface area is 336 Å². The summed E-state index contributed by atoms with van der Waals surface area (Å²) in [5.41, 5.74) is 15.2. The normalized spacial score (nSPS) is 11.9. The summed E-state index contributed by atoms with van der Waals surface area (Å²) >= 11 is 3.60. The lowest BCUT2D eigenvalue weighted by molar-refractivity contribution is 1.18. The molecule has 57 heavy (non-hydrogen) atoms. The quantitative estimate of drug-likeness (QED) is 0.175. The maximum absolute atomic E-state index is 4.71. The van der Waals surface area contributed by atoms with Crippen LogP contribution in [0.1, 0.15) is 0 Å². The molecule has 7 aromatic carbocycles. The van der Waals surface area contributed by atoms with Crippen molar-refractivity contribution in [3.8, 4) is 50.2 Å². The number of aromatic nitrogens is 3. The van der Waals surface area contributed by atoms with Crippen LogP contribution in [0.4, 0.5) is 0 Å². The molecule has 0 bridgehead atoms. The topological polar surface area (TPSA) is 30.7 Å². The molecule has 0 unspecified atom stereocenters. The van der Waals surface area contributed by atoms with Crippen molar-refractivity contribution in [2.75, 3.05) is 0 Å². The number of thiophene rings is 2. The third kappa shape index (κ3) is 5.31. The van der Waals surface area contributed by atoms with Gasteiger partial charge in [-0.1, -0.05) is 78.9 Å². The van der Waals surface area contributed by atoms with Gasteiger partial charge in [-0.05, 0) is 142 Å². The molecule has 12 rings (SSSR count). The van der Waals surface area contributed by atoms with Crippen LogP contribution in [-0.4, -0.2) is 14.5 Å². The van der Waals surface area contributed by atoms with Gasteiger partial charge in [0.05, 0.1) is 31.5 Å². The average Bonchev–Trinajstić information content (AvgIpc) is 3.95. The lowest BCUT2D eigenvalue weighted by Crippen LogP contribution is -1.93. The van der Waals surface area contributed by atoms with E-state index >= 15 is 0 Å². The van der Waals surface area contributed by atoms with Crippen molar-refractivity contribution >= 4 is 85.1 Å². The van der Waals surface area contributed by atoms with Gasteiger partial charge in [0.15, 0.2) is 0 Å². The molecule has 5 heterocycles. The fourth-order valence-corrected chi connectivity index (χ4v) is 10.6. The molecule has 3 nitrogen and oxygen atoms in total. The van der Waals surface area contributed by atoms with Crippen molar-refractivity contribution in [1.82, 2.24) is 14.5 Å². The molecular weight excluding hydrogens is 731 g/mol. The first-order valence-corrected chi connectivity index (χ1v) is 20.8. The Bertz CT molecular complexity index is 3320. The second-order valence-electron chi connectivity index (χ2n) is 14.6. The van der Waals surface area contributed by atoms with Gasteiger partial charge in [0.1, 0.15) is 0 Å². The Balaban J connectivity index is 0.979. The van der Waals surface area contributed by atoms with Crippen LogP contribution in [0, 0.1) is 0 Å². The first kappa shape index (κ1) is 32.3. The van der Waals surface area contributed by atoms with E-state index in [2.05, 4.69) is 168 Å². The second-order valence-corrected chi connectivity index (χ2v) is 16.8. The summed E-state index contributed by atoms with van der Waals surface area (Å²) in [6.45, 7) is 0. The highest BCUT2D eigenvalue weighted by Crippen LogP contribution is 2.41. The number of hydrogen-bond donors (Lipinski definition) is 0. The number of benzene rings is 7. The second kappa shape index (κ2) is 12.8. The van der Waals surface area contributed by atoms with Crippen LogP contribution < -0.4 is 0 Å². The van der Waals surface area contributed by atoms with Crippen molar-refractivity contribution < 1.29 is 0 Å². The van der Waals surface area contributed by atoms with Gasteiger partial charge in [0.25, 0.3) is 0 Å². The SMILES string of the molecule is c1ccc(-n2c3ccc(-c4cccc(-c5ccc6sc7cccnc7c6c5)c4)cc3c3cc(-c4cccc(-c5ccc6sc7cccnc7c6c5)c4)ccc32)cc1. The Kier molecular flexibility index (Phi) is 7.27. The molecule has 0 aliphatic carbocycles. The summed E-state index contributed by atoms with van der Waals surface area (Å²) in [7, 11) is 0. The number of fused-ring (bicyclic) bond motifs is 9. The Hall–Kier alpha value is -6.92. The highest BCUT2D eigenvalue weighted by Gasteiger charge is 2.16. The van der Waals surface area contributed by atoms with Gasteiger partial charge in [0, 0.05) is 49.0 Å². The Morgan fingerprint density at radius 1 is 0.316 bits per heavy atom. The van der Waals surface area contributed by atoms with E-state index in [4.69, 9.17) is 9.97 Å². The number of pyridine rings is 2. The summed E-state index contributed by atoms with van der Waals surface area (Å²) in [4.78, 5) is 9.43. The molecule has 0 saturated heterocycles. The van der Waals surface area contributed by atoms with E-state index in [0.29, 0.717) is 0 Å². The van der Waals surface area contributed by atoms with Crippen LogP contribution in [0.3, 0.4) is 0 Å². The maximum atomic E-state index is 4.71. The van der Waals surface area contributed by atoms with Crippen LogP contribution in [0.15, 0.2) is 188 Å². The lowest BCUT2D eigenvalue weighted by Gasteiger charge is -2.09. The molecule has 0 radical (unpaired) electrons. The molecule has 0 N–H and O–H groups in total. The van der Waals surface area contributed by atoms with Gasteiger partial charge in [-0.3, -0.25) is 9.97 Å². The monoisotopic (exact) mass is 761 g/mol. The maximum Gasteiger partial charge on any atom is 0.0888 e. The van der Waals surface area contributed by atoms with Crippen LogP contribution >= 0.6 is 22.7 Å². The van der Waals surface area contributed by atoms with Gasteiger partial charge in [-0.25, -0.2) is 0 Å². The zero-order valence-electron chi connectivity index (χ0n) is 30.6. The van der Waals surface area contributed by atoms with Gasteiger partial charge < -0.3 is 4.57 Å². The first-order chi connectivity index (χ1) is 28.2. The fraction of sp³-hybridized carbons (Fsp3) is 0. The number of nitrogens with zero attached hydrogens (tertiary/aromatic N) is 3. The van der Waals surface area contributed by atoms with Gasteiger partial charge in [-0.15, -0.1) is 22.7 Å². The molecule has 0 fully saturated rings. The molecule has 0 aliphatic rings. The van der Waals surface area contributed by atoms with E-state index in [1.54, 1.807) is 22.7 Å². The van der Waals surface area contributed by atoms with E-state index in [-0.39, 0.29) is 0 Å². The highest BCUT2D eigenvalue weighted by atomic mass is 32.1. The molecule has 0 atom stereocenters. The number of hydrogen-bond acceptors (Lipinski definition) is 4. The minimum atomic E-state index is 1.08. The molecule has 0 spiro atoms. The Morgan fingerprint density at radius 3 is 1.21 bits per heavy atom. The molecule has 0 aliphatic heterocycles. The average molecular weight is 762 g/mol. The molecule has 0 saturated carbocycles. The van der Waals surface area contributed by atoms with Gasteiger partial charge in [0.2, 0.25) is 0 Å². The zero-order chi connectivity index (χ0) is 37.5. The van der Waals surface area contributed by atoms with E-state index in [9.17, 15) is 0 Å². The van der Waals surface area contributed by atoms with Gasteiger partial charge in [-0.2, -0.15) is 0 Å². The minimum absolute atomic E-state index is 1.08. The van der Waals surface area contributed by atoms with Crippen molar-refractivity contribution in [2.24, 2.45) is 0 Å². The largest absolute Gasteiger partial charge is 0.309 e. The van der Waals surface area contributed by atoms with Crippen molar-refractivity contribution in [3.63, 3.8) is 0 Å². The third-order valence-corrected chi connectivity index (χ3v) is 13.5. The summed E-state index contributed by atoms with van der Waals surface area (Å²) in [5, 5.41) is 4.89. The van der Waals surface area contributed by atoms with E-state index in [1.807, 2.05) is 24.5 Å². The van der Waals surface area contributed by atoms with Crippen LogP contribution in [0.25, 0.3) is 113 Å². The van der Waals surface area contributed by atoms with Crippen LogP contribution in [0.2, 0.25) is 0 Å². The van der Waals surface area contributed by atoms with E-state index in [0.717, 1.165) is 16.7 Å². The summed E-state index contributed by atoms with van der Waals surface area (Å²) in [6, 6.07) is 64.4. The summed E-state index contributed by atoms with van der Waals surface area (Å²) in [6.07, 6.45) is 3.78. The molecule has 5 heteroatoms. The summed E-state index contributed by atoms with van der Waals surface area (Å²) < 4.78 is 7.37. The van der Waals surface area contributed by atoms with Crippen molar-refractivity contribution in [1.29, 1.82) is 0 Å². The van der Waals surface area contributed by atoms with Crippen LogP contribution in [0.5, 0.6) is 0 Å². The van der Waals surface area contributed by atoms with Crippen molar-refractivity contribution in [3.05, 3.63) is 188 Å². The highest BCUT2D eigenvalue weighted by molar-refractivity contribution is 7.26. The van der Waals surface area contributed by atoms with E-state index < -0.39 is 0 Å². The smallest absolute Gasteiger partial charge is 0.0888 e. The minimum Gasteiger partial charge on any atom is -0.309 e. The van der Waals surface area contributed by atoms with E-state index in [1.165, 1.54) is 95.9 Å². The van der Waals surface area contributed by atoms with Gasteiger partial charge >= 0.3 is 0 Å². The predicted molar refractivity (Wildman–Crippen MR) is 244 cm³/mol. The molecule has 0 amide bonds. The zero-order valence-corrected chi connectivity index (χ0v) is 32.2. The lowest BCUT2D eigenvalue weighted by atomic mass is 9.96. The number of rotatable bonds is 5. The fourth-order valence-electron chi connectivity index (χ4n) is 8.55. The molecule has 12 aromatic rings. The Morgan fingerprint density at radius 2 is 0.737 bits per heavy atom. The predicted octanol–water partition coefficient (Wildman–Crippen LogP) is 15.0. The van der Waals surface area contributed by atoms with Crippen molar-refractivity contribution in [2.45, 2.75) is 0 Å². The molecule has 266 valence electrons. The summed E-state index contributed by atoms with van der Waals surface area (Å²) in [5.74, 6) is 0.